The van der Waals surface area contributed by atoms with Crippen molar-refractivity contribution in [2.75, 3.05) is 18.4 Å². The first kappa shape index (κ1) is 8.06. The average Bonchev–Trinajstić information content (AvgIpc) is 2.01. The van der Waals surface area contributed by atoms with Crippen molar-refractivity contribution < 1.29 is 0 Å². The molecule has 1 nitrogen and oxygen atoms in total. The van der Waals surface area contributed by atoms with Gasteiger partial charge in [-0.15, -0.1) is 0 Å². The Morgan fingerprint density at radius 3 is 2.64 bits per heavy atom. The van der Waals surface area contributed by atoms with Gasteiger partial charge in [-0.2, -0.15) is 0 Å². The van der Waals surface area contributed by atoms with Crippen molar-refractivity contribution in [1.82, 2.24) is 5.32 Å². The van der Waals surface area contributed by atoms with Crippen LogP contribution >= 0.6 is 15.9 Å². The van der Waals surface area contributed by atoms with Crippen LogP contribution in [0, 0.1) is 11.3 Å². The standard InChI is InChI=1S/C9H16BrN/c10-6-8-7-11-5-4-9(8)2-1-3-9/h8,11H,1-7H2. The van der Waals surface area contributed by atoms with Gasteiger partial charge >= 0.3 is 0 Å². The Morgan fingerprint density at radius 2 is 2.18 bits per heavy atom. The van der Waals surface area contributed by atoms with Gasteiger partial charge in [0.2, 0.25) is 0 Å². The van der Waals surface area contributed by atoms with Gasteiger partial charge in [0, 0.05) is 5.33 Å². The lowest BCUT2D eigenvalue weighted by Gasteiger charge is -2.50. The Bertz CT molecular complexity index is 142. The first-order chi connectivity index (χ1) is 5.37. The predicted octanol–water partition coefficient (Wildman–Crippen LogP) is 2.16. The summed E-state index contributed by atoms with van der Waals surface area (Å²) in [5.74, 6) is 0.907. The minimum atomic E-state index is 0.759. The molecular weight excluding hydrogens is 202 g/mol. The van der Waals surface area contributed by atoms with Crippen LogP contribution in [0.1, 0.15) is 25.7 Å². The van der Waals surface area contributed by atoms with Gasteiger partial charge in [-0.25, -0.2) is 0 Å². The van der Waals surface area contributed by atoms with Crippen molar-refractivity contribution in [3.05, 3.63) is 0 Å². The van der Waals surface area contributed by atoms with E-state index in [1.54, 1.807) is 0 Å². The molecule has 2 fully saturated rings. The zero-order chi connectivity index (χ0) is 7.73. The minimum absolute atomic E-state index is 0.759. The van der Waals surface area contributed by atoms with Crippen LogP contribution in [0.25, 0.3) is 0 Å². The van der Waals surface area contributed by atoms with Crippen molar-refractivity contribution in [3.63, 3.8) is 0 Å². The number of rotatable bonds is 1. The molecule has 64 valence electrons. The van der Waals surface area contributed by atoms with Crippen molar-refractivity contribution in [3.8, 4) is 0 Å². The molecule has 1 aliphatic heterocycles. The fraction of sp³-hybridized carbons (Fsp3) is 1.00. The van der Waals surface area contributed by atoms with Gasteiger partial charge in [-0.3, -0.25) is 0 Å². The molecule has 1 heterocycles. The molecule has 1 saturated heterocycles. The smallest absolute Gasteiger partial charge is 0.00771 e. The molecule has 0 amide bonds. The molecule has 0 aromatic rings. The third kappa shape index (κ3) is 1.25. The summed E-state index contributed by atoms with van der Waals surface area (Å²) < 4.78 is 0. The summed E-state index contributed by atoms with van der Waals surface area (Å²) in [6.45, 7) is 2.49. The molecule has 0 aromatic heterocycles. The number of hydrogen-bond acceptors (Lipinski definition) is 1. The quantitative estimate of drug-likeness (QED) is 0.665. The van der Waals surface area contributed by atoms with Gasteiger partial charge in [0.25, 0.3) is 0 Å². The summed E-state index contributed by atoms with van der Waals surface area (Å²) in [4.78, 5) is 0. The molecular formula is C9H16BrN. The Morgan fingerprint density at radius 1 is 1.36 bits per heavy atom. The first-order valence-corrected chi connectivity index (χ1v) is 5.76. The Kier molecular flexibility index (Phi) is 2.24. The normalized spacial score (nSPS) is 35.2. The largest absolute Gasteiger partial charge is 0.316 e. The number of piperidine rings is 1. The summed E-state index contributed by atoms with van der Waals surface area (Å²) in [7, 11) is 0. The maximum atomic E-state index is 3.62. The topological polar surface area (TPSA) is 12.0 Å². The van der Waals surface area contributed by atoms with E-state index in [-0.39, 0.29) is 0 Å². The zero-order valence-corrected chi connectivity index (χ0v) is 8.49. The van der Waals surface area contributed by atoms with Crippen LogP contribution in [0.3, 0.4) is 0 Å². The van der Waals surface area contributed by atoms with Crippen molar-refractivity contribution >= 4 is 15.9 Å². The van der Waals surface area contributed by atoms with Gasteiger partial charge in [-0.1, -0.05) is 22.4 Å². The van der Waals surface area contributed by atoms with E-state index in [2.05, 4.69) is 21.2 Å². The van der Waals surface area contributed by atoms with Crippen molar-refractivity contribution in [2.24, 2.45) is 11.3 Å². The molecule has 1 unspecified atom stereocenters. The number of halogens is 1. The Balaban J connectivity index is 2.02. The molecule has 2 heteroatoms. The molecule has 1 aliphatic carbocycles. The fourth-order valence-corrected chi connectivity index (χ4v) is 3.46. The third-order valence-electron chi connectivity index (χ3n) is 3.59. The Hall–Kier alpha value is 0.440. The summed E-state index contributed by atoms with van der Waals surface area (Å²) in [5, 5.41) is 4.67. The molecule has 1 spiro atoms. The van der Waals surface area contributed by atoms with Crippen LogP contribution in [0.15, 0.2) is 0 Å². The maximum Gasteiger partial charge on any atom is 0.00771 e. The van der Waals surface area contributed by atoms with Gasteiger partial charge < -0.3 is 5.32 Å². The summed E-state index contributed by atoms with van der Waals surface area (Å²) in [6, 6.07) is 0. The van der Waals surface area contributed by atoms with Crippen molar-refractivity contribution in [2.45, 2.75) is 25.7 Å². The lowest BCUT2D eigenvalue weighted by molar-refractivity contribution is 0.0304. The molecule has 1 atom stereocenters. The number of alkyl halides is 1. The van der Waals surface area contributed by atoms with Crippen LogP contribution in [-0.4, -0.2) is 18.4 Å². The summed E-state index contributed by atoms with van der Waals surface area (Å²) in [5.41, 5.74) is 0.759. The van der Waals surface area contributed by atoms with Crippen LogP contribution in [0.5, 0.6) is 0 Å². The van der Waals surface area contributed by atoms with Crippen molar-refractivity contribution in [1.29, 1.82) is 0 Å². The SMILES string of the molecule is BrCC1CNCCC12CCC2. The highest BCUT2D eigenvalue weighted by Gasteiger charge is 2.44. The highest BCUT2D eigenvalue weighted by atomic mass is 79.9. The summed E-state index contributed by atoms with van der Waals surface area (Å²) in [6.07, 6.45) is 5.88. The van der Waals surface area contributed by atoms with Crippen LogP contribution in [-0.2, 0) is 0 Å². The van der Waals surface area contributed by atoms with Gasteiger partial charge in [0.15, 0.2) is 0 Å². The molecule has 0 radical (unpaired) electrons. The molecule has 2 aliphatic rings. The highest BCUT2D eigenvalue weighted by Crippen LogP contribution is 2.51. The fourth-order valence-electron chi connectivity index (χ4n) is 2.54. The van der Waals surface area contributed by atoms with E-state index in [4.69, 9.17) is 0 Å². The maximum absolute atomic E-state index is 3.62. The first-order valence-electron chi connectivity index (χ1n) is 4.64. The molecule has 0 aromatic carbocycles. The highest BCUT2D eigenvalue weighted by molar-refractivity contribution is 9.09. The molecule has 11 heavy (non-hydrogen) atoms. The zero-order valence-electron chi connectivity index (χ0n) is 6.91. The van der Waals surface area contributed by atoms with E-state index >= 15 is 0 Å². The number of hydrogen-bond donors (Lipinski definition) is 1. The van der Waals surface area contributed by atoms with E-state index in [0.717, 1.165) is 11.3 Å². The second-order valence-electron chi connectivity index (χ2n) is 4.02. The molecule has 1 N–H and O–H groups in total. The van der Waals surface area contributed by atoms with Crippen LogP contribution < -0.4 is 5.32 Å². The minimum Gasteiger partial charge on any atom is -0.316 e. The van der Waals surface area contributed by atoms with E-state index in [9.17, 15) is 0 Å². The Labute approximate surface area is 77.1 Å². The van der Waals surface area contributed by atoms with Crippen LogP contribution in [0.4, 0.5) is 0 Å². The summed E-state index contributed by atoms with van der Waals surface area (Å²) >= 11 is 3.62. The van der Waals surface area contributed by atoms with E-state index in [1.165, 1.54) is 44.1 Å². The molecule has 2 rings (SSSR count). The van der Waals surface area contributed by atoms with Crippen LogP contribution in [0.2, 0.25) is 0 Å². The monoisotopic (exact) mass is 217 g/mol. The predicted molar refractivity (Wildman–Crippen MR) is 51.1 cm³/mol. The second-order valence-corrected chi connectivity index (χ2v) is 4.67. The van der Waals surface area contributed by atoms with Gasteiger partial charge in [0.05, 0.1) is 0 Å². The van der Waals surface area contributed by atoms with Gasteiger partial charge in [-0.05, 0) is 43.7 Å². The molecule has 0 bridgehead atoms. The second kappa shape index (κ2) is 3.06. The van der Waals surface area contributed by atoms with E-state index in [0.29, 0.717) is 0 Å². The number of nitrogens with one attached hydrogen (secondary N) is 1. The van der Waals surface area contributed by atoms with E-state index < -0.39 is 0 Å². The average molecular weight is 218 g/mol. The van der Waals surface area contributed by atoms with Gasteiger partial charge in [0.1, 0.15) is 0 Å². The third-order valence-corrected chi connectivity index (χ3v) is 4.37. The van der Waals surface area contributed by atoms with E-state index in [1.807, 2.05) is 0 Å². The lowest BCUT2D eigenvalue weighted by atomic mass is 9.58. The molecule has 1 saturated carbocycles. The lowest BCUT2D eigenvalue weighted by Crippen LogP contribution is -2.49.